The van der Waals surface area contributed by atoms with Gasteiger partial charge < -0.3 is 20.1 Å². The fourth-order valence-electron chi connectivity index (χ4n) is 3.33. The van der Waals surface area contributed by atoms with E-state index in [-0.39, 0.29) is 41.1 Å². The topological polar surface area (TPSA) is 114 Å². The summed E-state index contributed by atoms with van der Waals surface area (Å²) in [5.74, 6) is -0.406. The second kappa shape index (κ2) is 10.8. The molecular formula is C23H29N3O6S. The van der Waals surface area contributed by atoms with Crippen LogP contribution in [0.25, 0.3) is 0 Å². The van der Waals surface area contributed by atoms with Crippen LogP contribution in [0, 0.1) is 5.92 Å². The summed E-state index contributed by atoms with van der Waals surface area (Å²) in [6, 6.07) is 10.8. The number of sulfonamides is 1. The van der Waals surface area contributed by atoms with Crippen molar-refractivity contribution in [1.29, 1.82) is 0 Å². The third-order valence-electron chi connectivity index (χ3n) is 5.11. The SMILES string of the molecule is COc1ccc(S(=O)(=O)N2CCOCC2)cc1C(=O)Nc1ccccc1C(=O)NCC(C)C. The maximum atomic E-state index is 13.1. The van der Waals surface area contributed by atoms with Crippen molar-refractivity contribution in [3.05, 3.63) is 53.6 Å². The van der Waals surface area contributed by atoms with Gasteiger partial charge in [0.05, 0.1) is 42.0 Å². The molecule has 0 spiro atoms. The molecule has 2 aromatic carbocycles. The Labute approximate surface area is 194 Å². The lowest BCUT2D eigenvalue weighted by atomic mass is 10.1. The highest BCUT2D eigenvalue weighted by Gasteiger charge is 2.28. The number of amides is 2. The second-order valence-corrected chi connectivity index (χ2v) is 9.92. The first-order chi connectivity index (χ1) is 15.7. The quantitative estimate of drug-likeness (QED) is 0.606. The smallest absolute Gasteiger partial charge is 0.259 e. The van der Waals surface area contributed by atoms with Crippen LogP contribution in [0.1, 0.15) is 34.6 Å². The number of para-hydroxylation sites is 1. The van der Waals surface area contributed by atoms with Gasteiger partial charge in [-0.1, -0.05) is 26.0 Å². The summed E-state index contributed by atoms with van der Waals surface area (Å²) < 4.78 is 37.9. The van der Waals surface area contributed by atoms with Gasteiger partial charge in [-0.25, -0.2) is 8.42 Å². The highest BCUT2D eigenvalue weighted by molar-refractivity contribution is 7.89. The van der Waals surface area contributed by atoms with Gasteiger partial charge in [0, 0.05) is 19.6 Å². The second-order valence-electron chi connectivity index (χ2n) is 7.98. The van der Waals surface area contributed by atoms with E-state index in [0.29, 0.717) is 31.0 Å². The van der Waals surface area contributed by atoms with E-state index in [0.717, 1.165) is 0 Å². The molecule has 10 heteroatoms. The number of rotatable bonds is 8. The van der Waals surface area contributed by atoms with Crippen LogP contribution in [0.15, 0.2) is 47.4 Å². The predicted octanol–water partition coefficient (Wildman–Crippen LogP) is 2.35. The summed E-state index contributed by atoms with van der Waals surface area (Å²) in [5.41, 5.74) is 0.666. The molecule has 3 rings (SSSR count). The number of anilines is 1. The summed E-state index contributed by atoms with van der Waals surface area (Å²) in [4.78, 5) is 25.7. The standard InChI is InChI=1S/C23H29N3O6S/c1-16(2)15-24-22(27)18-6-4-5-7-20(18)25-23(28)19-14-17(8-9-21(19)31-3)33(29,30)26-10-12-32-13-11-26/h4-9,14,16H,10-13,15H2,1-3H3,(H,24,27)(H,25,28). The molecule has 0 saturated carbocycles. The van der Waals surface area contributed by atoms with Gasteiger partial charge in [-0.05, 0) is 36.2 Å². The predicted molar refractivity (Wildman–Crippen MR) is 124 cm³/mol. The zero-order valence-corrected chi connectivity index (χ0v) is 19.8. The van der Waals surface area contributed by atoms with Crippen molar-refractivity contribution in [1.82, 2.24) is 9.62 Å². The van der Waals surface area contributed by atoms with E-state index >= 15 is 0 Å². The lowest BCUT2D eigenvalue weighted by Crippen LogP contribution is -2.40. The molecule has 1 heterocycles. The van der Waals surface area contributed by atoms with Crippen molar-refractivity contribution in [3.63, 3.8) is 0 Å². The molecule has 1 aliphatic heterocycles. The number of carbonyl (C=O) groups is 2. The molecular weight excluding hydrogens is 446 g/mol. The highest BCUT2D eigenvalue weighted by atomic mass is 32.2. The third-order valence-corrected chi connectivity index (χ3v) is 7.01. The molecule has 0 aromatic heterocycles. The van der Waals surface area contributed by atoms with Gasteiger partial charge >= 0.3 is 0 Å². The first-order valence-corrected chi connectivity index (χ1v) is 12.1. The Kier molecular flexibility index (Phi) is 8.06. The first-order valence-electron chi connectivity index (χ1n) is 10.7. The van der Waals surface area contributed by atoms with E-state index in [1.807, 2.05) is 13.8 Å². The number of hydrogen-bond donors (Lipinski definition) is 2. The Morgan fingerprint density at radius 3 is 2.42 bits per heavy atom. The number of nitrogens with zero attached hydrogens (tertiary/aromatic N) is 1. The Morgan fingerprint density at radius 2 is 1.76 bits per heavy atom. The molecule has 2 N–H and O–H groups in total. The molecule has 0 unspecified atom stereocenters. The average molecular weight is 476 g/mol. The van der Waals surface area contributed by atoms with Crippen LogP contribution in [0.4, 0.5) is 5.69 Å². The number of nitrogens with one attached hydrogen (secondary N) is 2. The van der Waals surface area contributed by atoms with E-state index in [4.69, 9.17) is 9.47 Å². The Morgan fingerprint density at radius 1 is 1.06 bits per heavy atom. The Hall–Kier alpha value is -2.95. The zero-order chi connectivity index (χ0) is 24.0. The van der Waals surface area contributed by atoms with Crippen molar-refractivity contribution in [2.24, 2.45) is 5.92 Å². The monoisotopic (exact) mass is 475 g/mol. The Bertz CT molecular complexity index is 1110. The number of carbonyl (C=O) groups excluding carboxylic acids is 2. The van der Waals surface area contributed by atoms with Crippen molar-refractivity contribution in [2.45, 2.75) is 18.7 Å². The minimum absolute atomic E-state index is 0.0155. The van der Waals surface area contributed by atoms with E-state index in [1.165, 1.54) is 29.6 Å². The van der Waals surface area contributed by atoms with Crippen LogP contribution in [0.5, 0.6) is 5.75 Å². The summed E-state index contributed by atoms with van der Waals surface area (Å²) in [6.45, 7) is 5.59. The summed E-state index contributed by atoms with van der Waals surface area (Å²) in [5, 5.41) is 5.55. The first kappa shape index (κ1) is 24.7. The molecule has 1 aliphatic rings. The highest BCUT2D eigenvalue weighted by Crippen LogP contribution is 2.26. The molecule has 2 aromatic rings. The van der Waals surface area contributed by atoms with Gasteiger partial charge in [-0.3, -0.25) is 9.59 Å². The number of methoxy groups -OCH3 is 1. The number of ether oxygens (including phenoxy) is 2. The van der Waals surface area contributed by atoms with Gasteiger partial charge in [0.2, 0.25) is 10.0 Å². The fourth-order valence-corrected chi connectivity index (χ4v) is 4.77. The maximum absolute atomic E-state index is 13.1. The lowest BCUT2D eigenvalue weighted by Gasteiger charge is -2.26. The molecule has 0 bridgehead atoms. The summed E-state index contributed by atoms with van der Waals surface area (Å²) >= 11 is 0. The van der Waals surface area contributed by atoms with Crippen LogP contribution in [0.3, 0.4) is 0 Å². The molecule has 178 valence electrons. The van der Waals surface area contributed by atoms with Crippen LogP contribution >= 0.6 is 0 Å². The van der Waals surface area contributed by atoms with Gasteiger partial charge in [-0.2, -0.15) is 4.31 Å². The number of hydrogen-bond acceptors (Lipinski definition) is 6. The molecule has 2 amide bonds. The molecule has 1 saturated heterocycles. The average Bonchev–Trinajstić information content (AvgIpc) is 2.82. The minimum Gasteiger partial charge on any atom is -0.496 e. The largest absolute Gasteiger partial charge is 0.496 e. The fraction of sp³-hybridized carbons (Fsp3) is 0.391. The number of benzene rings is 2. The molecule has 0 aliphatic carbocycles. The minimum atomic E-state index is -3.80. The van der Waals surface area contributed by atoms with Gasteiger partial charge in [0.1, 0.15) is 5.75 Å². The number of morpholine rings is 1. The van der Waals surface area contributed by atoms with Crippen molar-refractivity contribution >= 4 is 27.5 Å². The van der Waals surface area contributed by atoms with Crippen LogP contribution in [0.2, 0.25) is 0 Å². The molecule has 33 heavy (non-hydrogen) atoms. The van der Waals surface area contributed by atoms with Crippen molar-refractivity contribution < 1.29 is 27.5 Å². The van der Waals surface area contributed by atoms with Crippen LogP contribution in [-0.4, -0.2) is 64.5 Å². The van der Waals surface area contributed by atoms with Gasteiger partial charge in [0.25, 0.3) is 11.8 Å². The van der Waals surface area contributed by atoms with Gasteiger partial charge in [-0.15, -0.1) is 0 Å². The van der Waals surface area contributed by atoms with Crippen LogP contribution in [-0.2, 0) is 14.8 Å². The van der Waals surface area contributed by atoms with E-state index in [2.05, 4.69) is 10.6 Å². The molecule has 0 atom stereocenters. The van der Waals surface area contributed by atoms with Crippen molar-refractivity contribution in [3.8, 4) is 5.75 Å². The maximum Gasteiger partial charge on any atom is 0.259 e. The Balaban J connectivity index is 1.89. The summed E-state index contributed by atoms with van der Waals surface area (Å²) in [6.07, 6.45) is 0. The molecule has 9 nitrogen and oxygen atoms in total. The van der Waals surface area contributed by atoms with Crippen molar-refractivity contribution in [2.75, 3.05) is 45.3 Å². The van der Waals surface area contributed by atoms with Crippen LogP contribution < -0.4 is 15.4 Å². The molecule has 0 radical (unpaired) electrons. The normalized spacial score (nSPS) is 14.7. The van der Waals surface area contributed by atoms with Gasteiger partial charge in [0.15, 0.2) is 0 Å². The third kappa shape index (κ3) is 5.89. The lowest BCUT2D eigenvalue weighted by molar-refractivity contribution is 0.0730. The zero-order valence-electron chi connectivity index (χ0n) is 19.0. The van der Waals surface area contributed by atoms with E-state index < -0.39 is 15.9 Å². The van der Waals surface area contributed by atoms with E-state index in [9.17, 15) is 18.0 Å². The van der Waals surface area contributed by atoms with E-state index in [1.54, 1.807) is 24.3 Å². The molecule has 1 fully saturated rings. The summed E-state index contributed by atoms with van der Waals surface area (Å²) in [7, 11) is -2.40.